The van der Waals surface area contributed by atoms with Gasteiger partial charge >= 0.3 is 0 Å². The lowest BCUT2D eigenvalue weighted by Crippen LogP contribution is -2.56. The molecule has 2 aromatic rings. The summed E-state index contributed by atoms with van der Waals surface area (Å²) in [5.41, 5.74) is 5.09. The fourth-order valence-corrected chi connectivity index (χ4v) is 17.9. The highest BCUT2D eigenvalue weighted by molar-refractivity contribution is 8.15. The average molecular weight is 1010 g/mol. The fraction of sp³-hybridized carbons (Fsp3) is 0.654. The molecule has 12 rings (SSSR count). The minimum atomic E-state index is -0.385. The molecule has 8 nitrogen and oxygen atoms in total. The average Bonchev–Trinajstić information content (AvgIpc) is 3.96. The summed E-state index contributed by atoms with van der Waals surface area (Å²) < 4.78 is 9.93. The zero-order valence-electron chi connectivity index (χ0n) is 40.0. The maximum absolute atomic E-state index is 6.44. The highest BCUT2D eigenvalue weighted by Crippen LogP contribution is 2.49. The Kier molecular flexibility index (Phi) is 17.0. The van der Waals surface area contributed by atoms with Crippen molar-refractivity contribution in [3.05, 3.63) is 70.8 Å². The quantitative estimate of drug-likeness (QED) is 0.0830. The lowest BCUT2D eigenvalue weighted by Gasteiger charge is -2.41. The molecular formula is C52H76N8S6. The molecule has 10 aliphatic rings. The third kappa shape index (κ3) is 10.7. The number of unbranched alkanes of at least 4 members (excludes halogenated alkanes) is 18. The van der Waals surface area contributed by atoms with Crippen LogP contribution in [0.4, 0.5) is 0 Å². The van der Waals surface area contributed by atoms with Gasteiger partial charge in [0.15, 0.2) is 30.7 Å². The highest BCUT2D eigenvalue weighted by Gasteiger charge is 2.52. The Hall–Kier alpha value is -2.36. The van der Waals surface area contributed by atoms with Crippen LogP contribution in [0.5, 0.6) is 0 Å². The lowest BCUT2D eigenvalue weighted by atomic mass is 9.97. The van der Waals surface area contributed by atoms with E-state index in [1.165, 1.54) is 174 Å². The zero-order valence-corrected chi connectivity index (χ0v) is 44.9. The Labute approximate surface area is 425 Å². The molecule has 2 saturated heterocycles. The van der Waals surface area contributed by atoms with Crippen molar-refractivity contribution < 1.29 is 0 Å². The Bertz CT molecular complexity index is 1860. The number of rotatable bonds is 22. The molecule has 360 valence electrons. The Balaban J connectivity index is 0.882. The second-order valence-electron chi connectivity index (χ2n) is 20.1. The third-order valence-corrected chi connectivity index (χ3v) is 21.5. The minimum absolute atomic E-state index is 0.385. The van der Waals surface area contributed by atoms with Gasteiger partial charge in [-0.1, -0.05) is 191 Å². The van der Waals surface area contributed by atoms with Crippen molar-refractivity contribution in [2.45, 2.75) is 181 Å². The predicted octanol–water partition coefficient (Wildman–Crippen LogP) is 13.3. The SMILES string of the molecule is CCCCCCCCCCCCC1CN2C(=S)N3Cc4ccc(cc4)CN4C(=S)N5CC(CCCCCCCCCCCC)CN6C(=S)N(Cc7ccc(cc7)CN7C(=S)N(C1)C2=S37)S4=C56. The van der Waals surface area contributed by atoms with Gasteiger partial charge < -0.3 is 0 Å². The highest BCUT2D eigenvalue weighted by atomic mass is 32.2. The molecule has 0 radical (unpaired) electrons. The first kappa shape index (κ1) is 48.7. The third-order valence-electron chi connectivity index (χ3n) is 14.9. The fourth-order valence-electron chi connectivity index (χ4n) is 11.1. The monoisotopic (exact) mass is 1000 g/mol. The van der Waals surface area contributed by atoms with Crippen molar-refractivity contribution in [2.75, 3.05) is 26.2 Å². The molecule has 2 aromatic carbocycles. The van der Waals surface area contributed by atoms with Gasteiger partial charge in [0, 0.05) is 26.2 Å². The maximum atomic E-state index is 6.44. The van der Waals surface area contributed by atoms with Gasteiger partial charge in [-0.3, -0.25) is 36.8 Å². The smallest absolute Gasteiger partial charge is 0.189 e. The van der Waals surface area contributed by atoms with Crippen LogP contribution < -0.4 is 0 Å². The first-order valence-corrected chi connectivity index (χ1v) is 30.0. The van der Waals surface area contributed by atoms with Crippen LogP contribution in [-0.2, 0) is 26.2 Å². The van der Waals surface area contributed by atoms with E-state index >= 15 is 0 Å². The van der Waals surface area contributed by atoms with E-state index in [2.05, 4.69) is 99.2 Å². The zero-order chi connectivity index (χ0) is 45.6. The summed E-state index contributed by atoms with van der Waals surface area (Å²) in [5, 5.41) is 6.43. The van der Waals surface area contributed by atoms with Gasteiger partial charge in [-0.15, -0.1) is 0 Å². The van der Waals surface area contributed by atoms with Crippen molar-refractivity contribution in [3.63, 3.8) is 0 Å². The molecule has 0 N–H and O–H groups in total. The van der Waals surface area contributed by atoms with Crippen molar-refractivity contribution in [1.29, 1.82) is 0 Å². The normalized spacial score (nSPS) is 21.7. The van der Waals surface area contributed by atoms with Crippen LogP contribution >= 0.6 is 70.6 Å². The molecule has 14 heteroatoms. The maximum Gasteiger partial charge on any atom is 0.189 e. The van der Waals surface area contributed by atoms with Gasteiger partial charge in [0.2, 0.25) is 0 Å². The van der Waals surface area contributed by atoms with E-state index in [4.69, 9.17) is 48.9 Å². The molecule has 10 heterocycles. The van der Waals surface area contributed by atoms with Gasteiger partial charge in [-0.2, -0.15) is 0 Å². The summed E-state index contributed by atoms with van der Waals surface area (Å²) >= 11 is 25.8. The van der Waals surface area contributed by atoms with Crippen molar-refractivity contribution in [1.82, 2.24) is 36.8 Å². The Morgan fingerprint density at radius 1 is 0.364 bits per heavy atom. The molecule has 66 heavy (non-hydrogen) atoms. The summed E-state index contributed by atoms with van der Waals surface area (Å²) in [4.78, 5) is 9.88. The Morgan fingerprint density at radius 3 is 0.833 bits per heavy atom. The largest absolute Gasteiger partial charge is 0.296 e. The number of hydrogen-bond acceptors (Lipinski definition) is 4. The lowest BCUT2D eigenvalue weighted by molar-refractivity contribution is 0.280. The summed E-state index contributed by atoms with van der Waals surface area (Å²) in [6, 6.07) is 18.6. The molecule has 0 aliphatic carbocycles. The second kappa shape index (κ2) is 23.0. The summed E-state index contributed by atoms with van der Waals surface area (Å²) in [6.45, 7) is 11.6. The van der Waals surface area contributed by atoms with Gasteiger partial charge in [-0.05, 0) is 95.8 Å². The van der Waals surface area contributed by atoms with E-state index in [0.29, 0.717) is 11.8 Å². The summed E-state index contributed by atoms with van der Waals surface area (Å²) in [7, 11) is -0.771. The van der Waals surface area contributed by atoms with Gasteiger partial charge in [0.05, 0.1) is 47.9 Å². The number of benzene rings is 2. The molecule has 0 unspecified atom stereocenters. The van der Waals surface area contributed by atoms with Gasteiger partial charge in [0.25, 0.3) is 0 Å². The van der Waals surface area contributed by atoms with Gasteiger partial charge in [-0.25, -0.2) is 0 Å². The molecule has 0 aromatic heterocycles. The van der Waals surface area contributed by atoms with Crippen LogP contribution in [0.15, 0.2) is 48.5 Å². The van der Waals surface area contributed by atoms with Crippen molar-refractivity contribution >= 4 is 101 Å². The predicted molar refractivity (Wildman–Crippen MR) is 297 cm³/mol. The molecule has 0 amide bonds. The van der Waals surface area contributed by atoms with Gasteiger partial charge in [0.1, 0.15) is 0 Å². The molecule has 2 fully saturated rings. The van der Waals surface area contributed by atoms with Crippen LogP contribution in [0.1, 0.15) is 177 Å². The molecule has 10 aliphatic heterocycles. The standard InChI is InChI=1S/C52H76N8S6/c1-3-5-7-9-11-13-15-17-19-21-23-45-33-53-47(61)57-37-41-25-29-43(30-26-41)39-59-49(63)55-35-46(24-22-20-18-16-14-12-10-8-6-4-2)36-56-50(64)60(66(59)52(55)56)40-44-31-27-42(28-32-44)38-58-48(62)54(34-45)51(53)65(57)58/h25-32,45-46H,3-24,33-40H2,1-2H3. The first-order chi connectivity index (χ1) is 32.3. The molecule has 0 spiro atoms. The van der Waals surface area contributed by atoms with E-state index < -0.39 is 0 Å². The molecule has 0 saturated carbocycles. The topological polar surface area (TPSA) is 25.9 Å². The molecule has 0 atom stereocenters. The molecular weight excluding hydrogens is 929 g/mol. The minimum Gasteiger partial charge on any atom is -0.296 e. The van der Waals surface area contributed by atoms with E-state index in [1.54, 1.807) is 0 Å². The van der Waals surface area contributed by atoms with Crippen molar-refractivity contribution in [3.8, 4) is 0 Å². The van der Waals surface area contributed by atoms with Crippen LogP contribution in [-0.4, -0.2) is 93.7 Å². The van der Waals surface area contributed by atoms with Crippen molar-refractivity contribution in [2.24, 2.45) is 11.8 Å². The van der Waals surface area contributed by atoms with E-state index in [9.17, 15) is 0 Å². The van der Waals surface area contributed by atoms with E-state index in [0.717, 1.165) is 72.8 Å². The summed E-state index contributed by atoms with van der Waals surface area (Å²) in [5.74, 6) is 1.10. The van der Waals surface area contributed by atoms with E-state index in [-0.39, 0.29) is 21.7 Å². The second-order valence-corrected chi connectivity index (χ2v) is 25.1. The van der Waals surface area contributed by atoms with Crippen LogP contribution in [0.2, 0.25) is 0 Å². The van der Waals surface area contributed by atoms with Crippen LogP contribution in [0.3, 0.4) is 0 Å². The Morgan fingerprint density at radius 2 is 0.591 bits per heavy atom. The number of hydrogen-bond donors (Lipinski definition) is 0. The first-order valence-electron chi connectivity index (χ1n) is 26.1. The number of thiocarbonyl (C=S) groups is 4. The molecule has 4 bridgehead atoms. The summed E-state index contributed by atoms with van der Waals surface area (Å²) in [6.07, 6.45) is 29.8. The van der Waals surface area contributed by atoms with Crippen LogP contribution in [0.25, 0.3) is 0 Å². The van der Waals surface area contributed by atoms with Crippen LogP contribution in [0, 0.1) is 11.8 Å². The van der Waals surface area contributed by atoms with E-state index in [1.807, 2.05) is 0 Å². The number of nitrogens with zero attached hydrogens (tertiary/aromatic N) is 8.